The fourth-order valence-electron chi connectivity index (χ4n) is 5.01. The maximum Gasteiger partial charge on any atom is 0.271 e. The summed E-state index contributed by atoms with van der Waals surface area (Å²) in [5.74, 6) is 6.84. The molecule has 0 aliphatic rings. The Kier molecular flexibility index (Phi) is 12.0. The number of thioether (sulfide) groups is 1. The van der Waals surface area contributed by atoms with Gasteiger partial charge in [-0.15, -0.1) is 23.4 Å². The highest BCUT2D eigenvalue weighted by Crippen LogP contribution is 2.26. The second kappa shape index (κ2) is 16.7. The maximum atomic E-state index is 13.2. The van der Waals surface area contributed by atoms with Gasteiger partial charge in [0.05, 0.1) is 40.7 Å². The van der Waals surface area contributed by atoms with Crippen molar-refractivity contribution in [1.82, 2.24) is 49.4 Å². The van der Waals surface area contributed by atoms with Crippen molar-refractivity contribution >= 4 is 56.7 Å². The Bertz CT molecular complexity index is 2630. The molecular formula is C36H33ClN10O4S. The fraction of sp³-hybridized carbons (Fsp3) is 0.194. The number of hydrogen-bond donors (Lipinski definition) is 1. The first kappa shape index (κ1) is 37.2. The second-order valence-corrected chi connectivity index (χ2v) is 11.8. The second-order valence-electron chi connectivity index (χ2n) is 10.6. The summed E-state index contributed by atoms with van der Waals surface area (Å²) in [4.78, 5) is 50.2. The number of nitrogens with zero attached hydrogens (tertiary/aromatic N) is 9. The molecule has 2 aromatic carbocycles. The molecule has 52 heavy (non-hydrogen) atoms. The van der Waals surface area contributed by atoms with E-state index in [1.165, 1.54) is 22.7 Å². The van der Waals surface area contributed by atoms with Crippen LogP contribution >= 0.6 is 23.4 Å². The molecule has 0 spiro atoms. The summed E-state index contributed by atoms with van der Waals surface area (Å²) in [7, 11) is 0. The van der Waals surface area contributed by atoms with Crippen molar-refractivity contribution in [2.75, 3.05) is 0 Å². The summed E-state index contributed by atoms with van der Waals surface area (Å²) in [5.41, 5.74) is 3.87. The largest absolute Gasteiger partial charge is 0.341 e. The van der Waals surface area contributed by atoms with Crippen LogP contribution in [0.4, 0.5) is 0 Å². The first-order chi connectivity index (χ1) is 24.9. The van der Waals surface area contributed by atoms with Gasteiger partial charge in [0.2, 0.25) is 0 Å². The highest BCUT2D eigenvalue weighted by atomic mass is 35.5. The molecule has 8 aromatic rings. The third kappa shape index (κ3) is 7.48. The third-order valence-corrected chi connectivity index (χ3v) is 8.65. The van der Waals surface area contributed by atoms with Gasteiger partial charge in [-0.3, -0.25) is 18.7 Å². The van der Waals surface area contributed by atoms with Crippen LogP contribution < -0.4 is 11.1 Å². The minimum absolute atomic E-state index is 0. The van der Waals surface area contributed by atoms with Crippen molar-refractivity contribution < 1.29 is 9.05 Å². The van der Waals surface area contributed by atoms with E-state index in [1.807, 2.05) is 74.5 Å². The molecule has 8 rings (SSSR count). The van der Waals surface area contributed by atoms with E-state index in [4.69, 9.17) is 20.6 Å². The number of aryl methyl sites for hydroxylation is 2. The van der Waals surface area contributed by atoms with Crippen molar-refractivity contribution in [1.29, 1.82) is 0 Å². The van der Waals surface area contributed by atoms with Gasteiger partial charge in [0.15, 0.2) is 5.65 Å². The van der Waals surface area contributed by atoms with Gasteiger partial charge in [-0.2, -0.15) is 9.97 Å². The van der Waals surface area contributed by atoms with E-state index >= 15 is 0 Å². The quantitative estimate of drug-likeness (QED) is 0.0826. The molecule has 0 saturated heterocycles. The molecule has 0 fully saturated rings. The Balaban J connectivity index is 0.000000190. The summed E-state index contributed by atoms with van der Waals surface area (Å²) in [6.45, 7) is 7.08. The summed E-state index contributed by atoms with van der Waals surface area (Å²) in [5, 5.41) is 9.16. The highest BCUT2D eigenvalue weighted by Gasteiger charge is 2.20. The molecule has 0 amide bonds. The number of halogens is 1. The zero-order valence-electron chi connectivity index (χ0n) is 27.8. The standard InChI is InChI=1S/C18H13N7O2S.C13H10ClN3O2.C4H6.CH4/c1-10-13-16(27-24-10)23-12(25(18(13)26)11-5-3-2-4-6-11)7-28-17-14-15(20-8-19-14)21-9-22-17;1-8-11-12(19-16-8)15-10(7-14)17(13(11)18)9-5-3-2-4-6-9;1-3-4-2;/h2-6,8-9H,7H2,1H3,(H,19,20,21,22);2-6H,7H2,1H3;1-2H3;1H4. The topological polar surface area (TPSA) is 176 Å². The number of fused-ring (bicyclic) bond motifs is 3. The van der Waals surface area contributed by atoms with Crippen molar-refractivity contribution in [3.05, 3.63) is 117 Å². The van der Waals surface area contributed by atoms with Crippen molar-refractivity contribution in [3.63, 3.8) is 0 Å². The van der Waals surface area contributed by atoms with Gasteiger partial charge in [-0.05, 0) is 52.0 Å². The lowest BCUT2D eigenvalue weighted by atomic mass is 10.2. The van der Waals surface area contributed by atoms with Crippen LogP contribution in [0.5, 0.6) is 0 Å². The smallest absolute Gasteiger partial charge is 0.271 e. The third-order valence-electron chi connectivity index (χ3n) is 7.43. The van der Waals surface area contributed by atoms with E-state index in [0.29, 0.717) is 45.2 Å². The average molecular weight is 737 g/mol. The summed E-state index contributed by atoms with van der Waals surface area (Å²) < 4.78 is 13.3. The van der Waals surface area contributed by atoms with E-state index in [9.17, 15) is 9.59 Å². The Morgan fingerprint density at radius 3 is 1.81 bits per heavy atom. The fourth-order valence-corrected chi connectivity index (χ4v) is 6.07. The minimum Gasteiger partial charge on any atom is -0.341 e. The molecule has 16 heteroatoms. The molecule has 0 aliphatic heterocycles. The van der Waals surface area contributed by atoms with Crippen LogP contribution in [0, 0.1) is 25.7 Å². The maximum absolute atomic E-state index is 13.2. The van der Waals surface area contributed by atoms with Crippen molar-refractivity contribution in [3.8, 4) is 23.2 Å². The SMILES string of the molecule is C.CC#CC.Cc1noc2nc(CCl)n(-c3ccccc3)c(=O)c12.Cc1noc2nc(CSc3ncnc4nc[nH]c34)n(-c3ccccc3)c(=O)c12. The first-order valence-corrected chi connectivity index (χ1v) is 16.9. The molecule has 0 atom stereocenters. The predicted molar refractivity (Wildman–Crippen MR) is 201 cm³/mol. The van der Waals surface area contributed by atoms with Gasteiger partial charge in [0.1, 0.15) is 39.3 Å². The lowest BCUT2D eigenvalue weighted by Gasteiger charge is -2.11. The van der Waals surface area contributed by atoms with Gasteiger partial charge in [0.25, 0.3) is 22.5 Å². The summed E-state index contributed by atoms with van der Waals surface area (Å²) in [6.07, 6.45) is 3.04. The number of para-hydroxylation sites is 2. The number of imidazole rings is 1. The van der Waals surface area contributed by atoms with Crippen LogP contribution in [0.1, 0.15) is 44.3 Å². The van der Waals surface area contributed by atoms with Crippen molar-refractivity contribution in [2.45, 2.75) is 51.8 Å². The van der Waals surface area contributed by atoms with E-state index in [1.54, 1.807) is 24.7 Å². The Labute approximate surface area is 306 Å². The summed E-state index contributed by atoms with van der Waals surface area (Å²) >= 11 is 7.31. The molecule has 264 valence electrons. The molecule has 6 heterocycles. The number of benzene rings is 2. The predicted octanol–water partition coefficient (Wildman–Crippen LogP) is 6.73. The van der Waals surface area contributed by atoms with E-state index < -0.39 is 0 Å². The molecule has 1 N–H and O–H groups in total. The lowest BCUT2D eigenvalue weighted by molar-refractivity contribution is 0.441. The Hall–Kier alpha value is -6.11. The molecule has 0 saturated carbocycles. The van der Waals surface area contributed by atoms with Gasteiger partial charge in [-0.1, -0.05) is 65.9 Å². The van der Waals surface area contributed by atoms with Crippen LogP contribution in [-0.2, 0) is 11.6 Å². The number of alkyl halides is 1. The number of nitrogens with one attached hydrogen (secondary N) is 1. The zero-order valence-corrected chi connectivity index (χ0v) is 29.4. The van der Waals surface area contributed by atoms with Gasteiger partial charge in [-0.25, -0.2) is 15.0 Å². The Morgan fingerprint density at radius 2 is 1.29 bits per heavy atom. The molecular weight excluding hydrogens is 704 g/mol. The minimum atomic E-state index is -0.217. The van der Waals surface area contributed by atoms with Crippen LogP contribution in [-0.4, -0.2) is 49.4 Å². The van der Waals surface area contributed by atoms with Gasteiger partial charge in [0, 0.05) is 0 Å². The summed E-state index contributed by atoms with van der Waals surface area (Å²) in [6, 6.07) is 18.6. The van der Waals surface area contributed by atoms with Gasteiger partial charge >= 0.3 is 0 Å². The molecule has 0 bridgehead atoms. The van der Waals surface area contributed by atoms with Crippen molar-refractivity contribution in [2.24, 2.45) is 0 Å². The van der Waals surface area contributed by atoms with Crippen LogP contribution in [0.25, 0.3) is 44.7 Å². The van der Waals surface area contributed by atoms with Crippen LogP contribution in [0.15, 0.2) is 97.0 Å². The zero-order chi connectivity index (χ0) is 35.9. The average Bonchev–Trinajstić information content (AvgIpc) is 3.90. The number of aromatic amines is 1. The number of H-pyrrole nitrogens is 1. The Morgan fingerprint density at radius 1 is 0.769 bits per heavy atom. The monoisotopic (exact) mass is 736 g/mol. The number of aromatic nitrogens is 10. The molecule has 0 aliphatic carbocycles. The molecule has 0 radical (unpaired) electrons. The molecule has 0 unspecified atom stereocenters. The van der Waals surface area contributed by atoms with Crippen LogP contribution in [0.2, 0.25) is 0 Å². The molecule has 6 aromatic heterocycles. The van der Waals surface area contributed by atoms with E-state index in [2.05, 4.69) is 52.1 Å². The van der Waals surface area contributed by atoms with E-state index in [-0.39, 0.29) is 35.9 Å². The number of rotatable bonds is 6. The normalized spacial score (nSPS) is 10.5. The van der Waals surface area contributed by atoms with Gasteiger partial charge < -0.3 is 14.0 Å². The molecule has 14 nitrogen and oxygen atoms in total. The highest BCUT2D eigenvalue weighted by molar-refractivity contribution is 7.98. The number of hydrogen-bond acceptors (Lipinski definition) is 12. The van der Waals surface area contributed by atoms with E-state index in [0.717, 1.165) is 21.9 Å². The first-order valence-electron chi connectivity index (χ1n) is 15.4. The lowest BCUT2D eigenvalue weighted by Crippen LogP contribution is -2.23. The van der Waals surface area contributed by atoms with Crippen LogP contribution in [0.3, 0.4) is 0 Å².